The maximum atomic E-state index is 12.7. The van der Waals surface area contributed by atoms with E-state index >= 15 is 0 Å². The van der Waals surface area contributed by atoms with E-state index in [1.165, 1.54) is 0 Å². The molecule has 0 aliphatic carbocycles. The molecule has 9 heteroatoms. The molecule has 0 amide bonds. The summed E-state index contributed by atoms with van der Waals surface area (Å²) in [4.78, 5) is 24.1. The number of methoxy groups -OCH3 is 1. The van der Waals surface area contributed by atoms with Gasteiger partial charge in [-0.05, 0) is 15.9 Å². The predicted octanol–water partition coefficient (Wildman–Crippen LogP) is 2.48. The number of nitrogens with zero attached hydrogens (tertiary/aromatic N) is 2. The molecule has 0 spiro atoms. The molecule has 0 saturated carbocycles. The van der Waals surface area contributed by atoms with Crippen molar-refractivity contribution in [2.45, 2.75) is 6.43 Å². The molecule has 0 radical (unpaired) electrons. The van der Waals surface area contributed by atoms with Crippen molar-refractivity contribution in [3.63, 3.8) is 0 Å². The molecule has 92 valence electrons. The summed E-state index contributed by atoms with van der Waals surface area (Å²) in [6.07, 6.45) is -2.52. The van der Waals surface area contributed by atoms with Gasteiger partial charge in [-0.25, -0.2) is 18.6 Å². The average Bonchev–Trinajstić information content (AvgIpc) is 2.26. The van der Waals surface area contributed by atoms with E-state index in [-0.39, 0.29) is 0 Å². The molecule has 0 atom stereocenters. The lowest BCUT2D eigenvalue weighted by molar-refractivity contribution is -0.386. The smallest absolute Gasteiger partial charge is 0.357 e. The summed E-state index contributed by atoms with van der Waals surface area (Å²) < 4.78 is 29.2. The van der Waals surface area contributed by atoms with E-state index in [9.17, 15) is 23.7 Å². The molecular weight excluding hydrogens is 306 g/mol. The molecule has 1 aromatic heterocycles. The zero-order valence-corrected chi connectivity index (χ0v) is 9.90. The fourth-order valence-electron chi connectivity index (χ4n) is 1.08. The SMILES string of the molecule is COC(=O)c1ncc([N+](=O)[O-])c(C(F)F)c1Br. The van der Waals surface area contributed by atoms with E-state index in [1.807, 2.05) is 0 Å². The van der Waals surface area contributed by atoms with Crippen LogP contribution in [0.15, 0.2) is 10.7 Å². The van der Waals surface area contributed by atoms with Crippen LogP contribution in [0.2, 0.25) is 0 Å². The zero-order chi connectivity index (χ0) is 13.2. The van der Waals surface area contributed by atoms with Crippen LogP contribution in [0.5, 0.6) is 0 Å². The molecule has 6 nitrogen and oxygen atoms in total. The topological polar surface area (TPSA) is 82.3 Å². The number of alkyl halides is 2. The molecule has 0 aromatic carbocycles. The number of hydrogen-bond acceptors (Lipinski definition) is 5. The third kappa shape index (κ3) is 2.54. The van der Waals surface area contributed by atoms with Crippen molar-refractivity contribution in [1.29, 1.82) is 0 Å². The van der Waals surface area contributed by atoms with E-state index in [2.05, 4.69) is 25.7 Å². The molecule has 0 saturated heterocycles. The van der Waals surface area contributed by atoms with Crippen LogP contribution >= 0.6 is 15.9 Å². The van der Waals surface area contributed by atoms with E-state index in [1.54, 1.807) is 0 Å². The van der Waals surface area contributed by atoms with Crippen LogP contribution < -0.4 is 0 Å². The van der Waals surface area contributed by atoms with Gasteiger partial charge in [-0.1, -0.05) is 0 Å². The van der Waals surface area contributed by atoms with Gasteiger partial charge in [0.1, 0.15) is 11.8 Å². The number of carbonyl (C=O) groups is 1. The van der Waals surface area contributed by atoms with Crippen LogP contribution in [0.1, 0.15) is 22.5 Å². The molecule has 1 rings (SSSR count). The Bertz CT molecular complexity index is 481. The molecule has 0 bridgehead atoms. The average molecular weight is 311 g/mol. The number of rotatable bonds is 3. The Morgan fingerprint density at radius 3 is 2.65 bits per heavy atom. The van der Waals surface area contributed by atoms with Crippen molar-refractivity contribution in [1.82, 2.24) is 4.98 Å². The predicted molar refractivity (Wildman–Crippen MR) is 54.9 cm³/mol. The van der Waals surface area contributed by atoms with Crippen molar-refractivity contribution in [3.05, 3.63) is 32.0 Å². The first-order chi connectivity index (χ1) is 7.90. The third-order valence-electron chi connectivity index (χ3n) is 1.83. The van der Waals surface area contributed by atoms with E-state index in [0.717, 1.165) is 7.11 Å². The second-order valence-electron chi connectivity index (χ2n) is 2.77. The Balaban J connectivity index is 3.49. The summed E-state index contributed by atoms with van der Waals surface area (Å²) >= 11 is 2.69. The van der Waals surface area contributed by atoms with Crippen LogP contribution in [0.3, 0.4) is 0 Å². The van der Waals surface area contributed by atoms with Gasteiger partial charge in [0.25, 0.3) is 12.1 Å². The van der Waals surface area contributed by atoms with Crippen molar-refractivity contribution in [3.8, 4) is 0 Å². The summed E-state index contributed by atoms with van der Waals surface area (Å²) in [5.74, 6) is -0.964. The number of ether oxygens (including phenoxy) is 1. The lowest BCUT2D eigenvalue weighted by atomic mass is 10.2. The summed E-state index contributed by atoms with van der Waals surface area (Å²) in [5, 5.41) is 10.5. The van der Waals surface area contributed by atoms with Crippen molar-refractivity contribution in [2.75, 3.05) is 7.11 Å². The van der Waals surface area contributed by atoms with Crippen LogP contribution in [0.25, 0.3) is 0 Å². The Morgan fingerprint density at radius 1 is 1.65 bits per heavy atom. The molecule has 1 heterocycles. The second kappa shape index (κ2) is 5.13. The highest BCUT2D eigenvalue weighted by Gasteiger charge is 2.29. The fourth-order valence-corrected chi connectivity index (χ4v) is 1.72. The molecule has 0 aliphatic heterocycles. The Kier molecular flexibility index (Phi) is 4.05. The number of esters is 1. The van der Waals surface area contributed by atoms with Gasteiger partial charge in [-0.3, -0.25) is 10.1 Å². The van der Waals surface area contributed by atoms with Gasteiger partial charge in [0.15, 0.2) is 5.69 Å². The first-order valence-electron chi connectivity index (χ1n) is 4.09. The number of carbonyl (C=O) groups excluding carboxylic acids is 1. The number of aromatic nitrogens is 1. The van der Waals surface area contributed by atoms with Crippen molar-refractivity contribution < 1.29 is 23.2 Å². The molecule has 1 aromatic rings. The van der Waals surface area contributed by atoms with Crippen molar-refractivity contribution >= 4 is 27.6 Å². The van der Waals surface area contributed by atoms with E-state index < -0.39 is 38.7 Å². The summed E-state index contributed by atoms with van der Waals surface area (Å²) in [7, 11) is 1.04. The van der Waals surface area contributed by atoms with E-state index in [0.29, 0.717) is 6.20 Å². The highest BCUT2D eigenvalue weighted by Crippen LogP contribution is 2.36. The molecule has 0 unspecified atom stereocenters. The Morgan fingerprint density at radius 2 is 2.24 bits per heavy atom. The van der Waals surface area contributed by atoms with Gasteiger partial charge in [-0.2, -0.15) is 0 Å². The molecule has 0 aliphatic rings. The number of halogens is 3. The maximum Gasteiger partial charge on any atom is 0.357 e. The second-order valence-corrected chi connectivity index (χ2v) is 3.56. The van der Waals surface area contributed by atoms with Crippen LogP contribution in [-0.2, 0) is 4.74 Å². The number of nitro groups is 1. The summed E-state index contributed by atoms with van der Waals surface area (Å²) in [6.45, 7) is 0. The molecule has 17 heavy (non-hydrogen) atoms. The highest BCUT2D eigenvalue weighted by molar-refractivity contribution is 9.10. The minimum atomic E-state index is -3.11. The minimum Gasteiger partial charge on any atom is -0.464 e. The fraction of sp³-hybridized carbons (Fsp3) is 0.250. The lowest BCUT2D eigenvalue weighted by Crippen LogP contribution is -2.09. The lowest BCUT2D eigenvalue weighted by Gasteiger charge is -2.07. The Hall–Kier alpha value is -1.64. The standard InChI is InChI=1S/C8H5BrF2N2O4/c1-17-8(14)6-5(9)4(7(10)11)3(2-12-6)13(15)16/h2,7H,1H3. The van der Waals surface area contributed by atoms with Gasteiger partial charge in [0.2, 0.25) is 0 Å². The number of pyridine rings is 1. The molecule has 0 N–H and O–H groups in total. The quantitative estimate of drug-likeness (QED) is 0.486. The largest absolute Gasteiger partial charge is 0.464 e. The normalized spacial score (nSPS) is 10.4. The number of hydrogen-bond donors (Lipinski definition) is 0. The van der Waals surface area contributed by atoms with E-state index in [4.69, 9.17) is 0 Å². The zero-order valence-electron chi connectivity index (χ0n) is 8.32. The Labute approximate surface area is 102 Å². The van der Waals surface area contributed by atoms with Gasteiger partial charge in [-0.15, -0.1) is 0 Å². The molecule has 0 fully saturated rings. The monoisotopic (exact) mass is 310 g/mol. The van der Waals surface area contributed by atoms with Gasteiger partial charge < -0.3 is 4.74 Å². The summed E-state index contributed by atoms with van der Waals surface area (Å²) in [6, 6.07) is 0. The van der Waals surface area contributed by atoms with Crippen LogP contribution in [-0.4, -0.2) is 23.0 Å². The van der Waals surface area contributed by atoms with Crippen molar-refractivity contribution in [2.24, 2.45) is 0 Å². The maximum absolute atomic E-state index is 12.7. The van der Waals surface area contributed by atoms with Gasteiger partial charge in [0, 0.05) is 0 Å². The molecular formula is C8H5BrF2N2O4. The van der Waals surface area contributed by atoms with Crippen LogP contribution in [0.4, 0.5) is 14.5 Å². The first kappa shape index (κ1) is 13.4. The van der Waals surface area contributed by atoms with Gasteiger partial charge >= 0.3 is 5.97 Å². The summed E-state index contributed by atoms with van der Waals surface area (Å²) in [5.41, 5.74) is -2.20. The highest BCUT2D eigenvalue weighted by atomic mass is 79.9. The third-order valence-corrected chi connectivity index (χ3v) is 2.63. The minimum absolute atomic E-state index is 0.437. The first-order valence-corrected chi connectivity index (χ1v) is 4.88. The van der Waals surface area contributed by atoms with Crippen LogP contribution in [0, 0.1) is 10.1 Å². The van der Waals surface area contributed by atoms with Gasteiger partial charge in [0.05, 0.1) is 16.5 Å².